The molecule has 3 aromatic rings. The number of aromatic nitrogens is 1. The Hall–Kier alpha value is -2.79. The lowest BCUT2D eigenvalue weighted by molar-refractivity contribution is 0.240. The highest BCUT2D eigenvalue weighted by molar-refractivity contribution is 5.85. The van der Waals surface area contributed by atoms with Crippen molar-refractivity contribution in [3.8, 4) is 0 Å². The van der Waals surface area contributed by atoms with Crippen LogP contribution in [0, 0.1) is 6.92 Å². The lowest BCUT2D eigenvalue weighted by Crippen LogP contribution is -2.36. The minimum Gasteiger partial charge on any atom is -0.392 e. The third-order valence-corrected chi connectivity index (χ3v) is 4.42. The van der Waals surface area contributed by atoms with Gasteiger partial charge >= 0.3 is 6.03 Å². The van der Waals surface area contributed by atoms with Crippen molar-refractivity contribution < 1.29 is 9.90 Å². The predicted molar refractivity (Wildman–Crippen MR) is 99.3 cm³/mol. The fourth-order valence-corrected chi connectivity index (χ4v) is 3.00. The molecular formula is C20H23N3O2. The summed E-state index contributed by atoms with van der Waals surface area (Å²) in [5.74, 6) is 0. The Morgan fingerprint density at radius 3 is 2.64 bits per heavy atom. The number of aryl methyl sites for hydroxylation is 1. The van der Waals surface area contributed by atoms with E-state index in [0.29, 0.717) is 13.1 Å². The third-order valence-electron chi connectivity index (χ3n) is 4.42. The monoisotopic (exact) mass is 337 g/mol. The van der Waals surface area contributed by atoms with E-state index in [1.807, 2.05) is 36.5 Å². The first-order chi connectivity index (χ1) is 12.2. The van der Waals surface area contributed by atoms with Crippen LogP contribution >= 0.6 is 0 Å². The molecule has 0 atom stereocenters. The number of nitrogens with one attached hydrogen (secondary N) is 3. The average Bonchev–Trinajstić information content (AvgIpc) is 3.05. The van der Waals surface area contributed by atoms with Crippen LogP contribution < -0.4 is 10.6 Å². The number of urea groups is 1. The van der Waals surface area contributed by atoms with Gasteiger partial charge in [-0.2, -0.15) is 0 Å². The van der Waals surface area contributed by atoms with Gasteiger partial charge in [0.1, 0.15) is 0 Å². The standard InChI is InChI=1S/C20H23N3O2/c1-14-5-4-8-18-16(12-22-19(14)18)9-10-21-20(25)23-11-15-6-2-3-7-17(15)13-24/h2-8,12,22,24H,9-11,13H2,1H3,(H2,21,23,25). The van der Waals surface area contributed by atoms with Crippen LogP contribution in [0.15, 0.2) is 48.7 Å². The number of hydrogen-bond donors (Lipinski definition) is 4. The summed E-state index contributed by atoms with van der Waals surface area (Å²) in [4.78, 5) is 15.3. The molecule has 0 aliphatic carbocycles. The van der Waals surface area contributed by atoms with E-state index in [1.165, 1.54) is 16.5 Å². The number of hydrogen-bond acceptors (Lipinski definition) is 2. The quantitative estimate of drug-likeness (QED) is 0.558. The third kappa shape index (κ3) is 4.00. The van der Waals surface area contributed by atoms with Gasteiger partial charge in [-0.15, -0.1) is 0 Å². The van der Waals surface area contributed by atoms with Crippen LogP contribution in [-0.4, -0.2) is 22.7 Å². The lowest BCUT2D eigenvalue weighted by Gasteiger charge is -2.10. The van der Waals surface area contributed by atoms with Gasteiger partial charge in [0.25, 0.3) is 0 Å². The van der Waals surface area contributed by atoms with E-state index in [1.54, 1.807) is 0 Å². The van der Waals surface area contributed by atoms with Gasteiger partial charge in [0, 0.05) is 30.2 Å². The van der Waals surface area contributed by atoms with E-state index in [-0.39, 0.29) is 12.6 Å². The predicted octanol–water partition coefficient (Wildman–Crippen LogP) is 3.01. The molecule has 0 bridgehead atoms. The zero-order valence-electron chi connectivity index (χ0n) is 14.3. The van der Waals surface area contributed by atoms with Gasteiger partial charge in [-0.25, -0.2) is 4.79 Å². The molecule has 1 aromatic heterocycles. The van der Waals surface area contributed by atoms with Crippen LogP contribution in [0.3, 0.4) is 0 Å². The topological polar surface area (TPSA) is 77.2 Å². The highest BCUT2D eigenvalue weighted by atomic mass is 16.3. The zero-order valence-corrected chi connectivity index (χ0v) is 14.3. The van der Waals surface area contributed by atoms with Crippen molar-refractivity contribution in [3.05, 3.63) is 70.9 Å². The number of rotatable bonds is 6. The van der Waals surface area contributed by atoms with Gasteiger partial charge in [0.2, 0.25) is 0 Å². The van der Waals surface area contributed by atoms with Crippen molar-refractivity contribution >= 4 is 16.9 Å². The molecule has 0 aliphatic rings. The largest absolute Gasteiger partial charge is 0.392 e. The summed E-state index contributed by atoms with van der Waals surface area (Å²) in [6, 6.07) is 13.6. The Labute approximate surface area is 147 Å². The van der Waals surface area contributed by atoms with Gasteiger partial charge < -0.3 is 20.7 Å². The van der Waals surface area contributed by atoms with Crippen molar-refractivity contribution in [1.29, 1.82) is 0 Å². The number of amides is 2. The second kappa shape index (κ2) is 7.85. The first-order valence-corrected chi connectivity index (χ1v) is 8.44. The van der Waals surface area contributed by atoms with Gasteiger partial charge in [-0.1, -0.05) is 42.5 Å². The van der Waals surface area contributed by atoms with E-state index < -0.39 is 0 Å². The molecule has 1 heterocycles. The minimum atomic E-state index is -0.205. The smallest absolute Gasteiger partial charge is 0.315 e. The van der Waals surface area contributed by atoms with E-state index in [0.717, 1.165) is 23.1 Å². The summed E-state index contributed by atoms with van der Waals surface area (Å²) in [6.07, 6.45) is 2.78. The molecule has 0 spiro atoms. The number of H-pyrrole nitrogens is 1. The molecule has 0 aliphatic heterocycles. The number of fused-ring (bicyclic) bond motifs is 1. The number of aliphatic hydroxyl groups excluding tert-OH is 1. The molecule has 5 heteroatoms. The number of benzene rings is 2. The molecule has 25 heavy (non-hydrogen) atoms. The van der Waals surface area contributed by atoms with E-state index in [2.05, 4.69) is 34.7 Å². The van der Waals surface area contributed by atoms with Gasteiger partial charge in [0.15, 0.2) is 0 Å². The maximum Gasteiger partial charge on any atom is 0.315 e. The van der Waals surface area contributed by atoms with Crippen LogP contribution in [0.4, 0.5) is 4.79 Å². The molecule has 0 unspecified atom stereocenters. The summed E-state index contributed by atoms with van der Waals surface area (Å²) in [7, 11) is 0. The van der Waals surface area contributed by atoms with Crippen molar-refractivity contribution in [2.75, 3.05) is 6.54 Å². The Bertz CT molecular complexity index is 870. The zero-order chi connectivity index (χ0) is 17.6. The van der Waals surface area contributed by atoms with Crippen LogP contribution in [-0.2, 0) is 19.6 Å². The van der Waals surface area contributed by atoms with Gasteiger partial charge in [-0.05, 0) is 35.6 Å². The second-order valence-electron chi connectivity index (χ2n) is 6.10. The summed E-state index contributed by atoms with van der Waals surface area (Å²) in [6.45, 7) is 3.02. The van der Waals surface area contributed by atoms with Crippen molar-refractivity contribution in [3.63, 3.8) is 0 Å². The first kappa shape index (κ1) is 17.0. The number of carbonyl (C=O) groups excluding carboxylic acids is 1. The molecule has 0 saturated carbocycles. The van der Waals surface area contributed by atoms with Crippen molar-refractivity contribution in [2.45, 2.75) is 26.5 Å². The summed E-state index contributed by atoms with van der Waals surface area (Å²) < 4.78 is 0. The van der Waals surface area contributed by atoms with Crippen molar-refractivity contribution in [2.24, 2.45) is 0 Å². The first-order valence-electron chi connectivity index (χ1n) is 8.44. The Morgan fingerprint density at radius 1 is 1.04 bits per heavy atom. The Morgan fingerprint density at radius 2 is 1.84 bits per heavy atom. The number of para-hydroxylation sites is 1. The number of carbonyl (C=O) groups is 1. The maximum absolute atomic E-state index is 12.0. The molecule has 2 aromatic carbocycles. The SMILES string of the molecule is Cc1cccc2c(CCNC(=O)NCc3ccccc3CO)c[nH]c12. The number of aromatic amines is 1. The second-order valence-corrected chi connectivity index (χ2v) is 6.10. The van der Waals surface area contributed by atoms with Crippen LogP contribution in [0.25, 0.3) is 10.9 Å². The fraction of sp³-hybridized carbons (Fsp3) is 0.250. The van der Waals surface area contributed by atoms with E-state index in [9.17, 15) is 9.90 Å². The minimum absolute atomic E-state index is 0.0283. The fourth-order valence-electron chi connectivity index (χ4n) is 3.00. The Kier molecular flexibility index (Phi) is 5.36. The molecule has 0 fully saturated rings. The van der Waals surface area contributed by atoms with Gasteiger partial charge in [0.05, 0.1) is 6.61 Å². The molecule has 0 radical (unpaired) electrons. The molecule has 3 rings (SSSR count). The summed E-state index contributed by atoms with van der Waals surface area (Å²) in [5, 5.41) is 16.2. The molecule has 2 amide bonds. The van der Waals surface area contributed by atoms with Crippen LogP contribution in [0.2, 0.25) is 0 Å². The average molecular weight is 337 g/mol. The Balaban J connectivity index is 1.50. The van der Waals surface area contributed by atoms with Crippen molar-refractivity contribution in [1.82, 2.24) is 15.6 Å². The lowest BCUT2D eigenvalue weighted by atomic mass is 10.1. The number of aliphatic hydroxyl groups is 1. The molecule has 5 nitrogen and oxygen atoms in total. The summed E-state index contributed by atoms with van der Waals surface area (Å²) in [5.41, 5.74) is 5.33. The maximum atomic E-state index is 12.0. The van der Waals surface area contributed by atoms with Crippen LogP contribution in [0.5, 0.6) is 0 Å². The molecule has 4 N–H and O–H groups in total. The molecule has 0 saturated heterocycles. The highest BCUT2D eigenvalue weighted by Gasteiger charge is 2.07. The summed E-state index contributed by atoms with van der Waals surface area (Å²) >= 11 is 0. The van der Waals surface area contributed by atoms with Gasteiger partial charge in [-0.3, -0.25) is 0 Å². The van der Waals surface area contributed by atoms with E-state index in [4.69, 9.17) is 0 Å². The normalized spacial score (nSPS) is 10.8. The molecule has 130 valence electrons. The van der Waals surface area contributed by atoms with Crippen LogP contribution in [0.1, 0.15) is 22.3 Å². The molecular weight excluding hydrogens is 314 g/mol. The van der Waals surface area contributed by atoms with E-state index >= 15 is 0 Å². The highest BCUT2D eigenvalue weighted by Crippen LogP contribution is 2.21.